The van der Waals surface area contributed by atoms with Crippen LogP contribution in [0.4, 0.5) is 0 Å². The second kappa shape index (κ2) is 21.0. The average molecular weight is 1030 g/mol. The van der Waals surface area contributed by atoms with Gasteiger partial charge in [-0.3, -0.25) is 19.4 Å². The van der Waals surface area contributed by atoms with Gasteiger partial charge in [0.2, 0.25) is 0 Å². The molecular formula is C57H83N5O12. The van der Waals surface area contributed by atoms with Gasteiger partial charge in [0.15, 0.2) is 18.0 Å². The topological polar surface area (TPSA) is 314 Å². The maximum absolute atomic E-state index is 15.2. The lowest BCUT2D eigenvalue weighted by atomic mass is 9.44. The van der Waals surface area contributed by atoms with Crippen LogP contribution in [0.1, 0.15) is 129 Å². The van der Waals surface area contributed by atoms with Crippen LogP contribution >= 0.6 is 0 Å². The van der Waals surface area contributed by atoms with E-state index in [1.54, 1.807) is 19.3 Å². The highest BCUT2D eigenvalue weighted by Gasteiger charge is 2.75. The number of nitrogens with zero attached hydrogens (tertiary/aromatic N) is 1. The normalized spacial score (nSPS) is 44.0. The number of ketones is 2. The fourth-order valence-electron chi connectivity index (χ4n) is 17.2. The number of nitrogens with two attached hydrogens (primary N) is 2. The lowest BCUT2D eigenvalue weighted by Gasteiger charge is -2.62. The summed E-state index contributed by atoms with van der Waals surface area (Å²) >= 11 is 0. The molecule has 5 fully saturated rings. The van der Waals surface area contributed by atoms with Crippen LogP contribution in [0, 0.1) is 93.7 Å². The van der Waals surface area contributed by atoms with Crippen LogP contribution in [0.25, 0.3) is 0 Å². The van der Waals surface area contributed by atoms with E-state index in [0.29, 0.717) is 43.6 Å². The molecule has 0 bridgehead atoms. The summed E-state index contributed by atoms with van der Waals surface area (Å²) in [5.41, 5.74) is 8.04. The number of nitrogens with one attached hydrogen (secondary N) is 2. The first-order valence-corrected chi connectivity index (χ1v) is 27.6. The first-order valence-electron chi connectivity index (χ1n) is 27.6. The second-order valence-corrected chi connectivity index (χ2v) is 24.8. The van der Waals surface area contributed by atoms with E-state index in [4.69, 9.17) is 16.2 Å². The minimum absolute atomic E-state index is 0.0194. The lowest BCUT2D eigenvalue weighted by molar-refractivity contribution is -0.198. The van der Waals surface area contributed by atoms with Gasteiger partial charge in [0.25, 0.3) is 0 Å². The van der Waals surface area contributed by atoms with Crippen molar-refractivity contribution in [2.24, 2.45) is 98.3 Å². The summed E-state index contributed by atoms with van der Waals surface area (Å²) < 4.78 is 5.91. The molecule has 2 heterocycles. The van der Waals surface area contributed by atoms with Gasteiger partial charge < -0.3 is 67.4 Å². The highest BCUT2D eigenvalue weighted by Crippen LogP contribution is 2.73. The van der Waals surface area contributed by atoms with Crippen molar-refractivity contribution >= 4 is 23.5 Å². The number of cyclic esters (lactones) is 1. The molecule has 0 amide bonds. The molecule has 20 atom stereocenters. The van der Waals surface area contributed by atoms with Crippen LogP contribution in [-0.2, 0) is 19.1 Å². The summed E-state index contributed by atoms with van der Waals surface area (Å²) in [7, 11) is 0. The van der Waals surface area contributed by atoms with Crippen LogP contribution in [0.15, 0.2) is 46.4 Å². The van der Waals surface area contributed by atoms with E-state index in [9.17, 15) is 50.4 Å². The van der Waals surface area contributed by atoms with Gasteiger partial charge in [-0.15, -0.1) is 0 Å². The Labute approximate surface area is 435 Å². The number of fused-ring (bicyclic) bond motifs is 10. The third-order valence-electron chi connectivity index (χ3n) is 20.7. The Morgan fingerprint density at radius 1 is 0.986 bits per heavy atom. The predicted octanol–water partition coefficient (Wildman–Crippen LogP) is 2.69. The number of guanidine groups is 1. The molecule has 14 N–H and O–H groups in total. The molecule has 1 saturated heterocycles. The highest BCUT2D eigenvalue weighted by atomic mass is 16.5. The Kier molecular flexibility index (Phi) is 15.5. The van der Waals surface area contributed by atoms with Crippen molar-refractivity contribution in [3.63, 3.8) is 0 Å². The van der Waals surface area contributed by atoms with Crippen molar-refractivity contribution < 1.29 is 60.0 Å². The maximum Gasteiger partial charge on any atom is 0.313 e. The van der Waals surface area contributed by atoms with Crippen molar-refractivity contribution in [3.05, 3.63) is 46.9 Å². The third-order valence-corrected chi connectivity index (χ3v) is 20.7. The summed E-state index contributed by atoms with van der Waals surface area (Å²) in [6, 6.07) is 1.87. The standard InChI is InChI=1S/C57H83N5O12/c1-29-7-8-32-11-12-35-37(36(32)20-29)21-33(40-28-74-52(71)46(40)34-14-17-60-27-34)10-9-31(6-5-19-63)39-24-57(73)47-41(54(3)25-44(66)43(65)23-42(54)49(68)48(47)62-26-30(2)64)13-15-56(57,16-18-61-53(58)59)50(39)55(4,72)45(67)22-38(35)51(69)70/h11,14,17,27,29,31,33,35-46,50-51,60,62-63,65-67,69-70,72-73H,5-8,12-13,15-16,18-26,28H2,1-4H3,(H4,58,59,61). The largest absolute Gasteiger partial charge is 0.465 e. The number of esters is 1. The van der Waals surface area contributed by atoms with Crippen molar-refractivity contribution in [2.75, 3.05) is 26.3 Å². The van der Waals surface area contributed by atoms with Crippen LogP contribution < -0.4 is 16.8 Å². The zero-order valence-electron chi connectivity index (χ0n) is 43.7. The highest BCUT2D eigenvalue weighted by molar-refractivity contribution is 6.00. The molecule has 8 aliphatic rings. The van der Waals surface area contributed by atoms with Gasteiger partial charge in [-0.1, -0.05) is 37.3 Å². The number of aliphatic imine (C=N–C) groups is 1. The van der Waals surface area contributed by atoms with Gasteiger partial charge in [-0.05, 0) is 162 Å². The molecule has 0 aromatic carbocycles. The van der Waals surface area contributed by atoms with Gasteiger partial charge >= 0.3 is 5.97 Å². The quantitative estimate of drug-likeness (QED) is 0.0358. The van der Waals surface area contributed by atoms with Crippen LogP contribution in [0.5, 0.6) is 0 Å². The van der Waals surface area contributed by atoms with Crippen molar-refractivity contribution in [1.29, 1.82) is 0 Å². The molecule has 74 heavy (non-hydrogen) atoms. The van der Waals surface area contributed by atoms with E-state index in [-0.39, 0.29) is 106 Å². The monoisotopic (exact) mass is 1030 g/mol. The van der Waals surface area contributed by atoms with E-state index in [1.165, 1.54) is 12.5 Å². The molecule has 1 aliphatic heterocycles. The Balaban J connectivity index is 1.29. The van der Waals surface area contributed by atoms with E-state index < -0.39 is 106 Å². The zero-order valence-corrected chi connectivity index (χ0v) is 43.7. The number of rotatable bonds is 12. The van der Waals surface area contributed by atoms with Gasteiger partial charge in [0.05, 0.1) is 54.3 Å². The fraction of sp³-hybridized carbons (Fsp3) is 0.754. The molecule has 7 aliphatic carbocycles. The number of hydrogen-bond acceptors (Lipinski definition) is 14. The van der Waals surface area contributed by atoms with Crippen LogP contribution in [-0.4, -0.2) is 131 Å². The smallest absolute Gasteiger partial charge is 0.313 e. The Bertz CT molecular complexity index is 2420. The van der Waals surface area contributed by atoms with Crippen molar-refractivity contribution in [2.45, 2.75) is 159 Å². The summed E-state index contributed by atoms with van der Waals surface area (Å²) in [6.07, 6.45) is 4.78. The Morgan fingerprint density at radius 3 is 2.45 bits per heavy atom. The van der Waals surface area contributed by atoms with Gasteiger partial charge in [-0.25, -0.2) is 0 Å². The number of allylic oxidation sites excluding steroid dienone is 3. The number of H-pyrrole nitrogens is 1. The number of hydrogen-bond donors (Lipinski definition) is 12. The molecule has 9 rings (SSSR count). The number of aliphatic hydroxyl groups is 8. The molecule has 17 heteroatoms. The Morgan fingerprint density at radius 2 is 1.76 bits per heavy atom. The first-order chi connectivity index (χ1) is 35.1. The number of aromatic amines is 1. The average Bonchev–Trinajstić information content (AvgIpc) is 4.07. The van der Waals surface area contributed by atoms with Crippen LogP contribution in [0.3, 0.4) is 0 Å². The third kappa shape index (κ3) is 9.38. The number of aromatic nitrogens is 1. The second-order valence-electron chi connectivity index (χ2n) is 24.8. The van der Waals surface area contributed by atoms with Gasteiger partial charge in [0, 0.05) is 66.5 Å². The minimum atomic E-state index is -2.10. The van der Waals surface area contributed by atoms with E-state index in [2.05, 4.69) is 40.1 Å². The SMILES string of the molecule is CC(=O)CNC1=C2C(CCC3(CCN=C(N)N)C4C(CC23O)C(CCCO)C#CC(C2COC(=O)C2c2cc[nH]c2)CC2C3CC(C)CCC3=CCC2C(C(O)O)CC(O)C4(C)O)C2(C)CC(O)C(O)CC2C1=O. The summed E-state index contributed by atoms with van der Waals surface area (Å²) in [5, 5.41) is 101. The Hall–Kier alpha value is -4.12. The lowest BCUT2D eigenvalue weighted by Crippen LogP contribution is -2.65. The van der Waals surface area contributed by atoms with Crippen LogP contribution in [0.2, 0.25) is 0 Å². The predicted molar refractivity (Wildman–Crippen MR) is 273 cm³/mol. The first kappa shape index (κ1) is 54.7. The number of Topliss-reactive ketones (excluding diaryl/α,β-unsaturated/α-hetero) is 2. The van der Waals surface area contributed by atoms with Crippen molar-refractivity contribution in [3.8, 4) is 11.8 Å². The molecule has 0 radical (unpaired) electrons. The molecule has 1 aromatic rings. The summed E-state index contributed by atoms with van der Waals surface area (Å²) in [4.78, 5) is 49.4. The van der Waals surface area contributed by atoms with Crippen molar-refractivity contribution in [1.82, 2.24) is 10.3 Å². The van der Waals surface area contributed by atoms with Gasteiger partial charge in [0.1, 0.15) is 5.78 Å². The minimum Gasteiger partial charge on any atom is -0.465 e. The van der Waals surface area contributed by atoms with E-state index in [1.807, 2.05) is 13.0 Å². The molecule has 0 spiro atoms. The van der Waals surface area contributed by atoms with Gasteiger partial charge in [-0.2, -0.15) is 0 Å². The summed E-state index contributed by atoms with van der Waals surface area (Å²) in [5.74, 6) is -0.0294. The summed E-state index contributed by atoms with van der Waals surface area (Å²) in [6.45, 7) is 6.78. The zero-order chi connectivity index (χ0) is 53.2. The van der Waals surface area contributed by atoms with E-state index >= 15 is 4.79 Å². The number of aliphatic hydroxyl groups excluding tert-OH is 5. The number of carbonyl (C=O) groups is 3. The molecule has 408 valence electrons. The van der Waals surface area contributed by atoms with E-state index in [0.717, 1.165) is 24.8 Å². The maximum atomic E-state index is 15.2. The number of carbonyl (C=O) groups excluding carboxylic acids is 3. The molecule has 17 nitrogen and oxygen atoms in total. The number of ether oxygens (including phenoxy) is 1. The molecule has 1 aromatic heterocycles. The molecular weight excluding hydrogens is 947 g/mol. The molecule has 4 saturated carbocycles. The fourth-order valence-corrected chi connectivity index (χ4v) is 17.2. The molecule has 20 unspecified atom stereocenters.